The normalized spacial score (nSPS) is 12.0. The minimum atomic E-state index is -0.0798. The maximum absolute atomic E-state index is 12.2. The molecule has 0 radical (unpaired) electrons. The molecule has 6 heteroatoms. The fraction of sp³-hybridized carbons (Fsp3) is 0.286. The maximum Gasteiger partial charge on any atom is 0.298 e. The molecule has 27 heavy (non-hydrogen) atoms. The predicted molar refractivity (Wildman–Crippen MR) is 107 cm³/mol. The van der Waals surface area contributed by atoms with Gasteiger partial charge in [0.15, 0.2) is 5.82 Å². The quantitative estimate of drug-likeness (QED) is 0.644. The van der Waals surface area contributed by atoms with Crippen molar-refractivity contribution in [3.8, 4) is 10.9 Å². The zero-order valence-corrected chi connectivity index (χ0v) is 16.5. The topological polar surface area (TPSA) is 64.1 Å². The van der Waals surface area contributed by atoms with E-state index in [2.05, 4.69) is 28.5 Å². The molecule has 0 spiro atoms. The molecule has 0 aliphatic carbocycles. The number of rotatable bonds is 7. The Morgan fingerprint density at radius 2 is 1.78 bits per heavy atom. The van der Waals surface area contributed by atoms with Crippen LogP contribution in [0.5, 0.6) is 10.9 Å². The second-order valence-electron chi connectivity index (χ2n) is 6.77. The summed E-state index contributed by atoms with van der Waals surface area (Å²) in [6.45, 7) is 6.16. The molecule has 1 N–H and O–H groups in total. The van der Waals surface area contributed by atoms with Crippen LogP contribution in [0, 0.1) is 5.92 Å². The molecular weight excluding hydrogens is 358 g/mol. The Morgan fingerprint density at radius 1 is 1.07 bits per heavy atom. The molecule has 3 aromatic rings. The van der Waals surface area contributed by atoms with Gasteiger partial charge in [-0.3, -0.25) is 4.79 Å². The molecule has 1 heterocycles. The van der Waals surface area contributed by atoms with E-state index < -0.39 is 0 Å². The highest BCUT2D eigenvalue weighted by molar-refractivity contribution is 7.07. The highest BCUT2D eigenvalue weighted by Gasteiger charge is 2.13. The van der Waals surface area contributed by atoms with Gasteiger partial charge >= 0.3 is 0 Å². The Morgan fingerprint density at radius 3 is 2.44 bits per heavy atom. The van der Waals surface area contributed by atoms with Crippen molar-refractivity contribution >= 4 is 17.4 Å². The molecule has 1 aromatic heterocycles. The average molecular weight is 382 g/mol. The molecule has 1 amide bonds. The van der Waals surface area contributed by atoms with Crippen LogP contribution in [-0.2, 0) is 6.42 Å². The monoisotopic (exact) mass is 381 g/mol. The van der Waals surface area contributed by atoms with Crippen molar-refractivity contribution in [1.29, 1.82) is 0 Å². The number of nitrogens with zero attached hydrogens (tertiary/aromatic N) is 2. The van der Waals surface area contributed by atoms with E-state index in [1.54, 1.807) is 24.3 Å². The van der Waals surface area contributed by atoms with E-state index in [4.69, 9.17) is 4.74 Å². The number of ether oxygens (including phenoxy) is 1. The van der Waals surface area contributed by atoms with Gasteiger partial charge in [-0.25, -0.2) is 0 Å². The fourth-order valence-corrected chi connectivity index (χ4v) is 2.93. The summed E-state index contributed by atoms with van der Waals surface area (Å²) in [5, 5.41) is 3.48. The van der Waals surface area contributed by atoms with E-state index in [0.29, 0.717) is 28.8 Å². The standard InChI is InChI=1S/C21H23N3O2S/c1-14(2)15(3)22-20(25)17-9-11-18(12-10-17)26-21-23-19(24-27-21)13-16-7-5-4-6-8-16/h4-12,14-15H,13H2,1-3H3,(H,22,25). The van der Waals surface area contributed by atoms with Crippen LogP contribution in [0.15, 0.2) is 54.6 Å². The van der Waals surface area contributed by atoms with Gasteiger partial charge in [-0.05, 0) is 42.7 Å². The number of hydrogen-bond acceptors (Lipinski definition) is 5. The van der Waals surface area contributed by atoms with Gasteiger partial charge < -0.3 is 10.1 Å². The highest BCUT2D eigenvalue weighted by atomic mass is 32.1. The van der Waals surface area contributed by atoms with Crippen LogP contribution < -0.4 is 10.1 Å². The summed E-state index contributed by atoms with van der Waals surface area (Å²) >= 11 is 1.22. The summed E-state index contributed by atoms with van der Waals surface area (Å²) in [5.41, 5.74) is 1.77. The molecule has 2 aromatic carbocycles. The van der Waals surface area contributed by atoms with Gasteiger partial charge in [-0.2, -0.15) is 9.36 Å². The van der Waals surface area contributed by atoms with Gasteiger partial charge in [-0.1, -0.05) is 44.2 Å². The molecule has 3 rings (SSSR count). The van der Waals surface area contributed by atoms with Crippen LogP contribution in [0.2, 0.25) is 0 Å². The van der Waals surface area contributed by atoms with Gasteiger partial charge in [0.1, 0.15) is 5.75 Å². The van der Waals surface area contributed by atoms with Crippen LogP contribution >= 0.6 is 11.5 Å². The summed E-state index contributed by atoms with van der Waals surface area (Å²) in [5.74, 6) is 1.67. The first-order valence-corrected chi connectivity index (χ1v) is 9.74. The van der Waals surface area contributed by atoms with Crippen molar-refractivity contribution in [2.24, 2.45) is 5.92 Å². The van der Waals surface area contributed by atoms with E-state index in [0.717, 1.165) is 11.4 Å². The van der Waals surface area contributed by atoms with E-state index in [9.17, 15) is 4.79 Å². The lowest BCUT2D eigenvalue weighted by Gasteiger charge is -2.17. The second kappa shape index (κ2) is 8.77. The molecule has 0 aliphatic heterocycles. The van der Waals surface area contributed by atoms with Crippen LogP contribution in [0.4, 0.5) is 0 Å². The van der Waals surface area contributed by atoms with Gasteiger partial charge in [0.05, 0.1) is 0 Å². The summed E-state index contributed by atoms with van der Waals surface area (Å²) in [7, 11) is 0. The van der Waals surface area contributed by atoms with Crippen molar-refractivity contribution in [2.75, 3.05) is 0 Å². The number of aromatic nitrogens is 2. The first-order valence-electron chi connectivity index (χ1n) is 8.96. The van der Waals surface area contributed by atoms with Gasteiger partial charge in [0, 0.05) is 29.6 Å². The SMILES string of the molecule is CC(C)C(C)NC(=O)c1ccc(Oc2nc(Cc3ccccc3)ns2)cc1. The Balaban J connectivity index is 1.59. The maximum atomic E-state index is 12.2. The number of benzene rings is 2. The van der Waals surface area contributed by atoms with E-state index >= 15 is 0 Å². The molecule has 0 bridgehead atoms. The van der Waals surface area contributed by atoms with E-state index in [-0.39, 0.29) is 11.9 Å². The van der Waals surface area contributed by atoms with Crippen molar-refractivity contribution in [2.45, 2.75) is 33.2 Å². The number of carbonyl (C=O) groups is 1. The van der Waals surface area contributed by atoms with Crippen molar-refractivity contribution in [3.63, 3.8) is 0 Å². The zero-order valence-electron chi connectivity index (χ0n) is 15.7. The third kappa shape index (κ3) is 5.37. The molecule has 0 aliphatic rings. The Hall–Kier alpha value is -2.73. The molecule has 0 fully saturated rings. The minimum Gasteiger partial charge on any atom is -0.430 e. The number of amides is 1. The van der Waals surface area contributed by atoms with E-state index in [1.807, 2.05) is 37.3 Å². The largest absolute Gasteiger partial charge is 0.430 e. The van der Waals surface area contributed by atoms with Crippen molar-refractivity contribution in [3.05, 3.63) is 71.5 Å². The molecule has 0 saturated carbocycles. The zero-order chi connectivity index (χ0) is 19.2. The molecule has 1 atom stereocenters. The number of nitrogens with one attached hydrogen (secondary N) is 1. The number of carbonyl (C=O) groups excluding carboxylic acids is 1. The van der Waals surface area contributed by atoms with Gasteiger partial charge in [0.2, 0.25) is 0 Å². The van der Waals surface area contributed by atoms with Crippen LogP contribution in [0.1, 0.15) is 42.5 Å². The Kier molecular flexibility index (Phi) is 6.19. The molecule has 5 nitrogen and oxygen atoms in total. The molecule has 1 unspecified atom stereocenters. The average Bonchev–Trinajstić information content (AvgIpc) is 3.09. The van der Waals surface area contributed by atoms with E-state index in [1.165, 1.54) is 11.5 Å². The molecule has 0 saturated heterocycles. The summed E-state index contributed by atoms with van der Waals surface area (Å²) < 4.78 is 10.1. The lowest BCUT2D eigenvalue weighted by atomic mass is 10.1. The van der Waals surface area contributed by atoms with Crippen molar-refractivity contribution in [1.82, 2.24) is 14.7 Å². The first-order chi connectivity index (χ1) is 13.0. The van der Waals surface area contributed by atoms with Crippen LogP contribution in [0.3, 0.4) is 0 Å². The lowest BCUT2D eigenvalue weighted by Crippen LogP contribution is -2.36. The Bertz CT molecular complexity index is 876. The first kappa shape index (κ1) is 19.0. The minimum absolute atomic E-state index is 0.0798. The summed E-state index contributed by atoms with van der Waals surface area (Å²) in [6.07, 6.45) is 0.674. The predicted octanol–water partition coefficient (Wildman–Crippen LogP) is 4.70. The second-order valence-corrected chi connectivity index (χ2v) is 7.49. The van der Waals surface area contributed by atoms with Gasteiger partial charge in [0.25, 0.3) is 11.1 Å². The molecule has 140 valence electrons. The van der Waals surface area contributed by atoms with Gasteiger partial charge in [-0.15, -0.1) is 0 Å². The van der Waals surface area contributed by atoms with Crippen LogP contribution in [-0.4, -0.2) is 21.3 Å². The summed E-state index contributed by atoms with van der Waals surface area (Å²) in [6, 6.07) is 17.3. The number of hydrogen-bond donors (Lipinski definition) is 1. The van der Waals surface area contributed by atoms with Crippen LogP contribution in [0.25, 0.3) is 0 Å². The molecular formula is C21H23N3O2S. The third-order valence-electron chi connectivity index (χ3n) is 4.33. The van der Waals surface area contributed by atoms with Crippen molar-refractivity contribution < 1.29 is 9.53 Å². The fourth-order valence-electron chi connectivity index (χ4n) is 2.36. The highest BCUT2D eigenvalue weighted by Crippen LogP contribution is 2.24. The third-order valence-corrected chi connectivity index (χ3v) is 4.97. The lowest BCUT2D eigenvalue weighted by molar-refractivity contribution is 0.0930. The Labute approximate surface area is 163 Å². The summed E-state index contributed by atoms with van der Waals surface area (Å²) in [4.78, 5) is 16.7. The smallest absolute Gasteiger partial charge is 0.298 e.